The Hall–Kier alpha value is -6.96. The van der Waals surface area contributed by atoms with Crippen LogP contribution in [0.2, 0.25) is 0 Å². The quantitative estimate of drug-likeness (QED) is 0.105. The summed E-state index contributed by atoms with van der Waals surface area (Å²) < 4.78 is 18.3. The molecule has 0 amide bonds. The molecule has 0 saturated carbocycles. The molecule has 0 aliphatic carbocycles. The molecule has 3 aromatic rings. The molecule has 25 nitrogen and oxygen atoms in total. The van der Waals surface area contributed by atoms with Crippen molar-refractivity contribution in [2.24, 2.45) is 0 Å². The maximum Gasteiger partial charge on any atom is 0.325 e. The van der Waals surface area contributed by atoms with E-state index in [2.05, 4.69) is 7.05 Å². The van der Waals surface area contributed by atoms with Crippen LogP contribution in [0, 0.1) is 60.7 Å². The lowest BCUT2D eigenvalue weighted by atomic mass is 9.93. The third kappa shape index (κ3) is 9.96. The largest absolute Gasteiger partial charge is 0.488 e. The van der Waals surface area contributed by atoms with E-state index in [-0.39, 0.29) is 6.54 Å². The Kier molecular flexibility index (Phi) is 13.2. The smallest absolute Gasteiger partial charge is 0.325 e. The van der Waals surface area contributed by atoms with Crippen molar-refractivity contribution < 1.29 is 58.4 Å². The monoisotopic (exact) mass is 829 g/mol. The van der Waals surface area contributed by atoms with E-state index in [0.717, 1.165) is 24.1 Å². The molecular formula is C34H37N8O17+. The predicted octanol–water partition coefficient (Wildman–Crippen LogP) is 3.70. The van der Waals surface area contributed by atoms with Crippen LogP contribution in [0.25, 0.3) is 6.08 Å². The highest BCUT2D eigenvalue weighted by Gasteiger charge is 2.49. The van der Waals surface area contributed by atoms with Crippen LogP contribution in [0.1, 0.15) is 18.4 Å². The number of nitrogens with zero attached hydrogens (tertiary/aromatic N) is 8. The zero-order valence-corrected chi connectivity index (χ0v) is 31.0. The van der Waals surface area contributed by atoms with Gasteiger partial charge in [-0.3, -0.25) is 65.6 Å². The molecule has 2 aliphatic rings. The Balaban J connectivity index is 1.49. The molecule has 4 unspecified atom stereocenters. The molecule has 314 valence electrons. The van der Waals surface area contributed by atoms with Crippen molar-refractivity contribution in [2.75, 3.05) is 53.0 Å². The number of likely N-dealkylation sites (tertiary alicyclic amines) is 2. The maximum absolute atomic E-state index is 12.1. The van der Waals surface area contributed by atoms with Crippen LogP contribution in [0.3, 0.4) is 0 Å². The Morgan fingerprint density at radius 1 is 0.746 bits per heavy atom. The summed E-state index contributed by atoms with van der Waals surface area (Å²) >= 11 is 0. The molecule has 0 bridgehead atoms. The molecular weight excluding hydrogens is 792 g/mol. The van der Waals surface area contributed by atoms with Gasteiger partial charge in [-0.1, -0.05) is 24.3 Å². The van der Waals surface area contributed by atoms with Gasteiger partial charge in [0.1, 0.15) is 25.0 Å². The fraction of sp³-hybridized carbons (Fsp3) is 0.412. The topological polar surface area (TPSA) is 330 Å². The first-order valence-electron chi connectivity index (χ1n) is 17.7. The average Bonchev–Trinajstić information content (AvgIpc) is 3.62. The van der Waals surface area contributed by atoms with Crippen LogP contribution in [0.15, 0.2) is 54.6 Å². The Morgan fingerprint density at radius 3 is 1.66 bits per heavy atom. The molecule has 2 fully saturated rings. The van der Waals surface area contributed by atoms with Gasteiger partial charge in [0.15, 0.2) is 12.2 Å². The number of aliphatic hydroxyl groups is 2. The van der Waals surface area contributed by atoms with Crippen LogP contribution in [0.5, 0.6) is 17.2 Å². The van der Waals surface area contributed by atoms with E-state index in [0.29, 0.717) is 42.2 Å². The number of non-ortho nitro benzene ring substituents is 2. The molecule has 2 N–H and O–H groups in total. The Morgan fingerprint density at radius 2 is 1.22 bits per heavy atom. The lowest BCUT2D eigenvalue weighted by molar-refractivity contribution is -0.897. The number of nitro groups is 6. The predicted molar refractivity (Wildman–Crippen MR) is 201 cm³/mol. The van der Waals surface area contributed by atoms with Gasteiger partial charge >= 0.3 is 22.7 Å². The minimum Gasteiger partial charge on any atom is -0.488 e. The van der Waals surface area contributed by atoms with E-state index in [1.54, 1.807) is 36.4 Å². The molecule has 0 spiro atoms. The first-order chi connectivity index (χ1) is 27.9. The standard InChI is InChI=1S/C34H37N8O17/c1-42(11-2-3-12-42)13-14-57-24-8-6-21(7-9-24)5-4-10-35-19-30(58-32-25(38(49)50)15-22(36(45)46)16-26(32)39(51)52)34(31(44)29(35)20-43)59-33-27(40(53)54)17-23(37(47)48)18-28(33)41(55)56/h4-9,15-18,29-31,34,43-44H,2-3,10-14,19-20H2,1H3/q+1. The number of benzene rings is 3. The van der Waals surface area contributed by atoms with E-state index in [1.807, 2.05) is 0 Å². The molecule has 4 atom stereocenters. The van der Waals surface area contributed by atoms with Crippen molar-refractivity contribution in [2.45, 2.75) is 37.2 Å². The summed E-state index contributed by atoms with van der Waals surface area (Å²) in [5.41, 5.74) is -6.62. The third-order valence-electron chi connectivity index (χ3n) is 10.0. The summed E-state index contributed by atoms with van der Waals surface area (Å²) in [6.45, 7) is 2.05. The number of ether oxygens (including phenoxy) is 3. The normalized spacial score (nSPS) is 20.2. The zero-order valence-electron chi connectivity index (χ0n) is 31.0. The van der Waals surface area contributed by atoms with Crippen molar-refractivity contribution in [3.05, 3.63) is 121 Å². The number of quaternary nitrogens is 1. The molecule has 0 aromatic heterocycles. The molecule has 2 saturated heterocycles. The van der Waals surface area contributed by atoms with Gasteiger partial charge in [-0.15, -0.1) is 0 Å². The van der Waals surface area contributed by atoms with Crippen LogP contribution in [0.4, 0.5) is 34.1 Å². The van der Waals surface area contributed by atoms with E-state index >= 15 is 0 Å². The van der Waals surface area contributed by atoms with Crippen LogP contribution in [-0.4, -0.2) is 126 Å². The van der Waals surface area contributed by atoms with E-state index in [9.17, 15) is 70.9 Å². The molecule has 2 heterocycles. The second-order valence-electron chi connectivity index (χ2n) is 13.9. The van der Waals surface area contributed by atoms with Gasteiger partial charge in [0, 0.05) is 25.9 Å². The fourth-order valence-corrected chi connectivity index (χ4v) is 6.96. The lowest BCUT2D eigenvalue weighted by Gasteiger charge is -2.45. The number of piperidine rings is 1. The summed E-state index contributed by atoms with van der Waals surface area (Å²) in [6.07, 6.45) is -0.395. The summed E-state index contributed by atoms with van der Waals surface area (Å²) in [5, 5.41) is 93.3. The summed E-state index contributed by atoms with van der Waals surface area (Å²) in [5.74, 6) is -1.75. The van der Waals surface area contributed by atoms with Gasteiger partial charge in [0.2, 0.25) is 0 Å². The first-order valence-corrected chi connectivity index (χ1v) is 17.7. The van der Waals surface area contributed by atoms with Gasteiger partial charge < -0.3 is 28.9 Å². The van der Waals surface area contributed by atoms with Crippen molar-refractivity contribution in [3.8, 4) is 17.2 Å². The van der Waals surface area contributed by atoms with Gasteiger partial charge in [-0.05, 0) is 17.7 Å². The van der Waals surface area contributed by atoms with Gasteiger partial charge in [-0.25, -0.2) is 0 Å². The number of nitro benzene ring substituents is 6. The number of aliphatic hydroxyl groups excluding tert-OH is 2. The summed E-state index contributed by atoms with van der Waals surface area (Å²) in [6, 6.07) is 7.12. The number of rotatable bonds is 18. The number of hydrogen-bond acceptors (Lipinski definition) is 18. The molecule has 3 aromatic carbocycles. The van der Waals surface area contributed by atoms with Crippen LogP contribution < -0.4 is 14.2 Å². The van der Waals surface area contributed by atoms with Gasteiger partial charge in [0.25, 0.3) is 22.9 Å². The number of likely N-dealkylation sites (N-methyl/N-ethyl adjacent to an activating group) is 1. The highest BCUT2D eigenvalue weighted by atomic mass is 16.7. The Bertz CT molecular complexity index is 2090. The first kappa shape index (κ1) is 43.2. The second kappa shape index (κ2) is 18.1. The molecule has 25 heteroatoms. The minimum atomic E-state index is -2.08. The van der Waals surface area contributed by atoms with Gasteiger partial charge in [-0.2, -0.15) is 0 Å². The highest BCUT2D eigenvalue weighted by Crippen LogP contribution is 2.45. The van der Waals surface area contributed by atoms with Crippen LogP contribution >= 0.6 is 0 Å². The zero-order chi connectivity index (χ0) is 43.2. The third-order valence-corrected chi connectivity index (χ3v) is 10.0. The highest BCUT2D eigenvalue weighted by molar-refractivity contribution is 5.67. The molecule has 2 aliphatic heterocycles. The number of hydrogen-bond donors (Lipinski definition) is 2. The van der Waals surface area contributed by atoms with Gasteiger partial charge in [0.05, 0.1) is 86.6 Å². The minimum absolute atomic E-state index is 0.119. The average molecular weight is 830 g/mol. The van der Waals surface area contributed by atoms with E-state index in [1.165, 1.54) is 17.7 Å². The van der Waals surface area contributed by atoms with Crippen molar-refractivity contribution in [1.82, 2.24) is 4.90 Å². The molecule has 59 heavy (non-hydrogen) atoms. The van der Waals surface area contributed by atoms with Crippen molar-refractivity contribution in [3.63, 3.8) is 0 Å². The van der Waals surface area contributed by atoms with Crippen LogP contribution in [-0.2, 0) is 0 Å². The summed E-state index contributed by atoms with van der Waals surface area (Å²) in [7, 11) is 2.19. The second-order valence-corrected chi connectivity index (χ2v) is 13.9. The SMILES string of the molecule is C[N+]1(CCOc2ccc(C=CCN3CC(Oc4c([N+](=O)[O-])cc([N+](=O)[O-])cc4[N+](=O)[O-])C(Oc4c([N+](=O)[O-])cc([N+](=O)[O-])cc4[N+](=O)[O-])C(O)C3CO)cc2)CCCC1. The Labute approximate surface area is 331 Å². The van der Waals surface area contributed by atoms with Crippen molar-refractivity contribution in [1.29, 1.82) is 0 Å². The van der Waals surface area contributed by atoms with Crippen molar-refractivity contribution >= 4 is 40.2 Å². The van der Waals surface area contributed by atoms with E-state index in [4.69, 9.17) is 14.2 Å². The lowest BCUT2D eigenvalue weighted by Crippen LogP contribution is -2.65. The maximum atomic E-state index is 12.1. The molecule has 5 rings (SSSR count). The van der Waals surface area contributed by atoms with E-state index < -0.39 is 113 Å². The summed E-state index contributed by atoms with van der Waals surface area (Å²) in [4.78, 5) is 65.3. The fourth-order valence-electron chi connectivity index (χ4n) is 6.96. The molecule has 0 radical (unpaired) electrons.